The largest absolute Gasteiger partial charge is 0.485 e. The Balaban J connectivity index is 2.09. The van der Waals surface area contributed by atoms with E-state index in [0.29, 0.717) is 5.76 Å². The molecule has 0 spiro atoms. The summed E-state index contributed by atoms with van der Waals surface area (Å²) >= 11 is 0. The maximum atomic E-state index is 11.3. The Bertz CT molecular complexity index is 609. The van der Waals surface area contributed by atoms with Crippen LogP contribution in [0.2, 0.25) is 0 Å². The molecule has 106 valence electrons. The first-order chi connectivity index (χ1) is 9.51. The minimum absolute atomic E-state index is 0.170. The van der Waals surface area contributed by atoms with Crippen LogP contribution >= 0.6 is 0 Å². The first kappa shape index (κ1) is 14.1. The lowest BCUT2D eigenvalue weighted by molar-refractivity contribution is 0.0922. The fourth-order valence-electron chi connectivity index (χ4n) is 2.19. The molecule has 3 N–H and O–H groups in total. The summed E-state index contributed by atoms with van der Waals surface area (Å²) in [6.45, 7) is 6.33. The highest BCUT2D eigenvalue weighted by Gasteiger charge is 2.11. The van der Waals surface area contributed by atoms with Crippen LogP contribution in [0.4, 0.5) is 0 Å². The third kappa shape index (κ3) is 3.00. The standard InChI is InChI=1S/C15H18N2O3/c1-9-6-10(2)14(11(3)7-9)19-8-12-4-5-13(20-12)15(18)17-16/h4-7H,8,16H2,1-3H3,(H,17,18). The van der Waals surface area contributed by atoms with Crippen LogP contribution in [0.25, 0.3) is 0 Å². The number of hydrogen-bond donors (Lipinski definition) is 2. The van der Waals surface area contributed by atoms with E-state index in [4.69, 9.17) is 15.0 Å². The third-order valence-corrected chi connectivity index (χ3v) is 2.98. The van der Waals surface area contributed by atoms with Crippen molar-refractivity contribution in [3.63, 3.8) is 0 Å². The van der Waals surface area contributed by atoms with Gasteiger partial charge >= 0.3 is 5.91 Å². The molecule has 0 radical (unpaired) electrons. The number of nitrogen functional groups attached to an aromatic ring is 1. The number of rotatable bonds is 4. The second-order valence-electron chi connectivity index (χ2n) is 4.76. The summed E-state index contributed by atoms with van der Waals surface area (Å²) in [7, 11) is 0. The van der Waals surface area contributed by atoms with E-state index in [1.54, 1.807) is 12.1 Å². The van der Waals surface area contributed by atoms with E-state index in [9.17, 15) is 4.79 Å². The van der Waals surface area contributed by atoms with Crippen molar-refractivity contribution < 1.29 is 13.9 Å². The molecule has 0 atom stereocenters. The minimum Gasteiger partial charge on any atom is -0.485 e. The summed E-state index contributed by atoms with van der Waals surface area (Å²) in [5.74, 6) is 6.17. The Kier molecular flexibility index (Phi) is 4.10. The Morgan fingerprint density at radius 1 is 1.25 bits per heavy atom. The van der Waals surface area contributed by atoms with Crippen molar-refractivity contribution >= 4 is 5.91 Å². The van der Waals surface area contributed by atoms with Crippen LogP contribution in [0.1, 0.15) is 33.0 Å². The van der Waals surface area contributed by atoms with Crippen LogP contribution in [0.5, 0.6) is 5.75 Å². The van der Waals surface area contributed by atoms with Gasteiger partial charge in [-0.15, -0.1) is 0 Å². The number of carbonyl (C=O) groups is 1. The van der Waals surface area contributed by atoms with E-state index in [1.165, 1.54) is 5.56 Å². The zero-order valence-electron chi connectivity index (χ0n) is 11.8. The van der Waals surface area contributed by atoms with Gasteiger partial charge in [0.25, 0.3) is 0 Å². The molecule has 0 unspecified atom stereocenters. The SMILES string of the molecule is Cc1cc(C)c(OCc2ccc(C(=O)NN)o2)c(C)c1. The Morgan fingerprint density at radius 3 is 2.50 bits per heavy atom. The maximum Gasteiger partial charge on any atom is 0.300 e. The van der Waals surface area contributed by atoms with Gasteiger partial charge in [0.05, 0.1) is 0 Å². The molecule has 0 saturated heterocycles. The lowest BCUT2D eigenvalue weighted by Crippen LogP contribution is -2.29. The van der Waals surface area contributed by atoms with E-state index in [1.807, 2.05) is 26.2 Å². The Hall–Kier alpha value is -2.27. The van der Waals surface area contributed by atoms with Gasteiger partial charge < -0.3 is 9.15 Å². The van der Waals surface area contributed by atoms with Gasteiger partial charge in [0.2, 0.25) is 0 Å². The van der Waals surface area contributed by atoms with Gasteiger partial charge in [0.1, 0.15) is 18.1 Å². The molecule has 0 fully saturated rings. The number of nitrogens with two attached hydrogens (primary N) is 1. The van der Waals surface area contributed by atoms with Crippen molar-refractivity contribution in [2.24, 2.45) is 5.84 Å². The molecule has 0 aliphatic rings. The van der Waals surface area contributed by atoms with Crippen LogP contribution < -0.4 is 16.0 Å². The van der Waals surface area contributed by atoms with Crippen LogP contribution in [0, 0.1) is 20.8 Å². The minimum atomic E-state index is -0.459. The molecule has 0 bridgehead atoms. The highest BCUT2D eigenvalue weighted by molar-refractivity contribution is 5.90. The molecule has 1 aromatic heterocycles. The lowest BCUT2D eigenvalue weighted by Gasteiger charge is -2.12. The highest BCUT2D eigenvalue weighted by atomic mass is 16.5. The van der Waals surface area contributed by atoms with E-state index in [2.05, 4.69) is 12.1 Å². The van der Waals surface area contributed by atoms with Gasteiger partial charge in [-0.3, -0.25) is 10.2 Å². The molecule has 1 aromatic carbocycles. The zero-order chi connectivity index (χ0) is 14.7. The normalized spacial score (nSPS) is 10.4. The summed E-state index contributed by atoms with van der Waals surface area (Å²) in [4.78, 5) is 11.3. The average Bonchev–Trinajstić information content (AvgIpc) is 2.85. The fourth-order valence-corrected chi connectivity index (χ4v) is 2.19. The van der Waals surface area contributed by atoms with E-state index in [-0.39, 0.29) is 12.4 Å². The van der Waals surface area contributed by atoms with Crippen LogP contribution in [-0.2, 0) is 6.61 Å². The molecule has 2 rings (SSSR count). The topological polar surface area (TPSA) is 77.5 Å². The number of hydrazine groups is 1. The molecule has 0 saturated carbocycles. The summed E-state index contributed by atoms with van der Waals surface area (Å²) in [5.41, 5.74) is 5.38. The highest BCUT2D eigenvalue weighted by Crippen LogP contribution is 2.25. The first-order valence-electron chi connectivity index (χ1n) is 6.31. The van der Waals surface area contributed by atoms with Crippen LogP contribution in [0.15, 0.2) is 28.7 Å². The molecule has 20 heavy (non-hydrogen) atoms. The van der Waals surface area contributed by atoms with Gasteiger partial charge in [-0.25, -0.2) is 5.84 Å². The summed E-state index contributed by atoms with van der Waals surface area (Å²) in [6.07, 6.45) is 0. The van der Waals surface area contributed by atoms with Crippen molar-refractivity contribution in [3.05, 3.63) is 52.5 Å². The molecule has 0 aliphatic heterocycles. The monoisotopic (exact) mass is 274 g/mol. The lowest BCUT2D eigenvalue weighted by atomic mass is 10.1. The van der Waals surface area contributed by atoms with E-state index < -0.39 is 5.91 Å². The predicted octanol–water partition coefficient (Wildman–Crippen LogP) is 2.39. The quantitative estimate of drug-likeness (QED) is 0.510. The van der Waals surface area contributed by atoms with E-state index in [0.717, 1.165) is 16.9 Å². The molecular formula is C15H18N2O3. The summed E-state index contributed by atoms with van der Waals surface area (Å²) in [5, 5.41) is 0. The van der Waals surface area contributed by atoms with E-state index >= 15 is 0 Å². The van der Waals surface area contributed by atoms with Crippen LogP contribution in [-0.4, -0.2) is 5.91 Å². The molecule has 5 heteroatoms. The number of nitrogens with one attached hydrogen (secondary N) is 1. The summed E-state index contributed by atoms with van der Waals surface area (Å²) in [6, 6.07) is 7.40. The zero-order valence-corrected chi connectivity index (χ0v) is 11.8. The van der Waals surface area contributed by atoms with Crippen molar-refractivity contribution in [1.29, 1.82) is 0 Å². The first-order valence-corrected chi connectivity index (χ1v) is 6.31. The molecular weight excluding hydrogens is 256 g/mol. The van der Waals surface area contributed by atoms with Gasteiger partial charge in [-0.2, -0.15) is 0 Å². The number of carbonyl (C=O) groups excluding carboxylic acids is 1. The molecule has 1 amide bonds. The number of amides is 1. The van der Waals surface area contributed by atoms with Crippen molar-refractivity contribution in [2.75, 3.05) is 0 Å². The number of hydrogen-bond acceptors (Lipinski definition) is 4. The smallest absolute Gasteiger partial charge is 0.300 e. The number of benzene rings is 1. The molecule has 5 nitrogen and oxygen atoms in total. The van der Waals surface area contributed by atoms with Gasteiger partial charge in [-0.05, 0) is 44.0 Å². The molecule has 0 aliphatic carbocycles. The molecule has 1 heterocycles. The molecule has 2 aromatic rings. The Labute approximate surface area is 117 Å². The number of furan rings is 1. The van der Waals surface area contributed by atoms with Crippen molar-refractivity contribution in [2.45, 2.75) is 27.4 Å². The second-order valence-corrected chi connectivity index (χ2v) is 4.76. The van der Waals surface area contributed by atoms with Crippen molar-refractivity contribution in [3.8, 4) is 5.75 Å². The fraction of sp³-hybridized carbons (Fsp3) is 0.267. The second kappa shape index (κ2) is 5.79. The van der Waals surface area contributed by atoms with Crippen molar-refractivity contribution in [1.82, 2.24) is 5.43 Å². The predicted molar refractivity (Wildman–Crippen MR) is 75.3 cm³/mol. The van der Waals surface area contributed by atoms with Crippen LogP contribution in [0.3, 0.4) is 0 Å². The Morgan fingerprint density at radius 2 is 1.90 bits per heavy atom. The number of ether oxygens (including phenoxy) is 1. The summed E-state index contributed by atoms with van der Waals surface area (Å²) < 4.78 is 11.1. The third-order valence-electron chi connectivity index (χ3n) is 2.98. The average molecular weight is 274 g/mol. The maximum absolute atomic E-state index is 11.3. The van der Waals surface area contributed by atoms with Gasteiger partial charge in [-0.1, -0.05) is 17.7 Å². The number of aryl methyl sites for hydroxylation is 3. The van der Waals surface area contributed by atoms with Gasteiger partial charge in [0.15, 0.2) is 5.76 Å². The van der Waals surface area contributed by atoms with Gasteiger partial charge in [0, 0.05) is 0 Å².